The van der Waals surface area contributed by atoms with Crippen molar-refractivity contribution in [2.75, 3.05) is 5.75 Å². The third kappa shape index (κ3) is 5.00. The fraction of sp³-hybridized carbons (Fsp3) is 0.240. The van der Waals surface area contributed by atoms with Gasteiger partial charge in [0, 0.05) is 12.0 Å². The molecule has 0 heterocycles. The van der Waals surface area contributed by atoms with E-state index in [0.717, 1.165) is 11.1 Å². The van der Waals surface area contributed by atoms with Crippen molar-refractivity contribution in [2.45, 2.75) is 30.1 Å². The largest absolute Gasteiger partial charge is 0.445 e. The molecule has 0 aliphatic heterocycles. The lowest BCUT2D eigenvalue weighted by Crippen LogP contribution is -2.49. The molecule has 0 radical (unpaired) electrons. The van der Waals surface area contributed by atoms with Gasteiger partial charge in [0.05, 0.1) is 16.8 Å². The van der Waals surface area contributed by atoms with E-state index in [1.54, 1.807) is 24.3 Å². The molecule has 3 atom stereocenters. The molecule has 0 aromatic heterocycles. The number of carbonyl (C=O) groups excluding carboxylic acids is 1. The SMILES string of the molecule is O=C(N[C@@H]1Cc2ccccc2[C@H](O)C1CS(=O)(=O)c1ccccc1)OCc1ccccc1. The van der Waals surface area contributed by atoms with Gasteiger partial charge in [0.1, 0.15) is 6.61 Å². The van der Waals surface area contributed by atoms with E-state index < -0.39 is 34.0 Å². The van der Waals surface area contributed by atoms with Crippen molar-refractivity contribution in [3.63, 3.8) is 0 Å². The van der Waals surface area contributed by atoms with Crippen LogP contribution in [0.25, 0.3) is 0 Å². The minimum Gasteiger partial charge on any atom is -0.445 e. The van der Waals surface area contributed by atoms with Crippen molar-refractivity contribution in [3.8, 4) is 0 Å². The summed E-state index contributed by atoms with van der Waals surface area (Å²) in [4.78, 5) is 12.7. The fourth-order valence-corrected chi connectivity index (χ4v) is 5.79. The Labute approximate surface area is 187 Å². The molecule has 1 aliphatic carbocycles. The zero-order valence-corrected chi connectivity index (χ0v) is 18.2. The first-order valence-corrected chi connectivity index (χ1v) is 12.1. The van der Waals surface area contributed by atoms with E-state index in [9.17, 15) is 18.3 Å². The predicted octanol–water partition coefficient (Wildman–Crippen LogP) is 3.66. The molecule has 166 valence electrons. The second-order valence-electron chi connectivity index (χ2n) is 7.92. The molecule has 1 amide bonds. The zero-order valence-electron chi connectivity index (χ0n) is 17.4. The predicted molar refractivity (Wildman–Crippen MR) is 121 cm³/mol. The number of ether oxygens (including phenoxy) is 1. The standard InChI is InChI=1S/C25H25NO5S/c27-24-21-14-8-7-11-19(21)15-23(26-25(28)31-16-18-9-3-1-4-10-18)22(24)17-32(29,30)20-12-5-2-6-13-20/h1-14,22-24,27H,15-17H2,(H,26,28)/t22?,23-,24+/m1/s1. The summed E-state index contributed by atoms with van der Waals surface area (Å²) in [6.45, 7) is 0.103. The highest BCUT2D eigenvalue weighted by molar-refractivity contribution is 7.91. The molecule has 3 aromatic carbocycles. The summed E-state index contributed by atoms with van der Waals surface area (Å²) < 4.78 is 31.4. The fourth-order valence-electron chi connectivity index (χ4n) is 4.11. The third-order valence-electron chi connectivity index (χ3n) is 5.77. The van der Waals surface area contributed by atoms with Crippen LogP contribution in [0.4, 0.5) is 4.79 Å². The molecule has 1 unspecified atom stereocenters. The van der Waals surface area contributed by atoms with Crippen molar-refractivity contribution in [1.29, 1.82) is 0 Å². The lowest BCUT2D eigenvalue weighted by Gasteiger charge is -2.37. The highest BCUT2D eigenvalue weighted by Crippen LogP contribution is 2.36. The number of hydrogen-bond acceptors (Lipinski definition) is 5. The molecule has 0 bridgehead atoms. The number of aliphatic hydroxyl groups excluding tert-OH is 1. The van der Waals surface area contributed by atoms with Crippen LogP contribution >= 0.6 is 0 Å². The Morgan fingerprint density at radius 2 is 1.56 bits per heavy atom. The van der Waals surface area contributed by atoms with Crippen molar-refractivity contribution < 1.29 is 23.1 Å². The Kier molecular flexibility index (Phi) is 6.58. The maximum Gasteiger partial charge on any atom is 0.407 e. The molecule has 0 fully saturated rings. The molecule has 6 nitrogen and oxygen atoms in total. The lowest BCUT2D eigenvalue weighted by atomic mass is 9.79. The van der Waals surface area contributed by atoms with Gasteiger partial charge in [-0.1, -0.05) is 72.8 Å². The number of fused-ring (bicyclic) bond motifs is 1. The average Bonchev–Trinajstić information content (AvgIpc) is 2.81. The van der Waals surface area contributed by atoms with E-state index in [1.807, 2.05) is 48.5 Å². The number of rotatable bonds is 6. The number of sulfone groups is 1. The molecule has 3 aromatic rings. The van der Waals surface area contributed by atoms with Crippen LogP contribution in [0.3, 0.4) is 0 Å². The van der Waals surface area contributed by atoms with Crippen LogP contribution in [0.5, 0.6) is 0 Å². The smallest absolute Gasteiger partial charge is 0.407 e. The van der Waals surface area contributed by atoms with Crippen molar-refractivity contribution in [1.82, 2.24) is 5.32 Å². The minimum atomic E-state index is -3.67. The van der Waals surface area contributed by atoms with Gasteiger partial charge < -0.3 is 15.2 Å². The average molecular weight is 452 g/mol. The van der Waals surface area contributed by atoms with Crippen molar-refractivity contribution in [3.05, 3.63) is 102 Å². The number of hydrogen-bond donors (Lipinski definition) is 2. The Hall–Kier alpha value is -3.16. The van der Waals surface area contributed by atoms with Crippen LogP contribution < -0.4 is 5.32 Å². The molecule has 1 aliphatic rings. The van der Waals surface area contributed by atoms with Gasteiger partial charge in [-0.25, -0.2) is 13.2 Å². The second kappa shape index (κ2) is 9.54. The maximum atomic E-state index is 13.0. The van der Waals surface area contributed by atoms with Crippen LogP contribution in [-0.2, 0) is 27.6 Å². The molecule has 0 spiro atoms. The molecular weight excluding hydrogens is 426 g/mol. The summed E-state index contributed by atoms with van der Waals surface area (Å²) in [7, 11) is -3.67. The Morgan fingerprint density at radius 3 is 2.28 bits per heavy atom. The van der Waals surface area contributed by atoms with E-state index in [1.165, 1.54) is 12.1 Å². The van der Waals surface area contributed by atoms with Gasteiger partial charge >= 0.3 is 6.09 Å². The number of aliphatic hydroxyl groups is 1. The molecule has 4 rings (SSSR count). The molecule has 32 heavy (non-hydrogen) atoms. The summed E-state index contributed by atoms with van der Waals surface area (Å²) in [5.41, 5.74) is 2.41. The van der Waals surface area contributed by atoms with Gasteiger partial charge in [-0.3, -0.25) is 0 Å². The summed E-state index contributed by atoms with van der Waals surface area (Å²) in [5, 5.41) is 13.9. The van der Waals surface area contributed by atoms with Crippen LogP contribution in [0.2, 0.25) is 0 Å². The first-order chi connectivity index (χ1) is 15.4. The highest BCUT2D eigenvalue weighted by atomic mass is 32.2. The molecule has 0 saturated heterocycles. The monoisotopic (exact) mass is 451 g/mol. The molecular formula is C25H25NO5S. The Morgan fingerprint density at radius 1 is 0.938 bits per heavy atom. The normalized spacial score (nSPS) is 20.2. The van der Waals surface area contributed by atoms with Gasteiger partial charge in [-0.15, -0.1) is 0 Å². The minimum absolute atomic E-state index is 0.103. The van der Waals surface area contributed by atoms with Gasteiger partial charge in [-0.2, -0.15) is 0 Å². The van der Waals surface area contributed by atoms with Gasteiger partial charge in [0.2, 0.25) is 0 Å². The lowest BCUT2D eigenvalue weighted by molar-refractivity contribution is 0.0773. The zero-order chi connectivity index (χ0) is 22.6. The summed E-state index contributed by atoms with van der Waals surface area (Å²) in [6, 6.07) is 24.2. The van der Waals surface area contributed by atoms with E-state index >= 15 is 0 Å². The van der Waals surface area contributed by atoms with E-state index in [2.05, 4.69) is 5.32 Å². The quantitative estimate of drug-likeness (QED) is 0.597. The maximum absolute atomic E-state index is 13.0. The number of nitrogens with one attached hydrogen (secondary N) is 1. The Balaban J connectivity index is 1.54. The van der Waals surface area contributed by atoms with Crippen molar-refractivity contribution >= 4 is 15.9 Å². The van der Waals surface area contributed by atoms with Gasteiger partial charge in [-0.05, 0) is 35.2 Å². The van der Waals surface area contributed by atoms with Gasteiger partial charge in [0.15, 0.2) is 9.84 Å². The molecule has 0 saturated carbocycles. The first kappa shape index (κ1) is 22.0. The molecule has 2 N–H and O–H groups in total. The number of carbonyl (C=O) groups is 1. The van der Waals surface area contributed by atoms with Crippen molar-refractivity contribution in [2.24, 2.45) is 5.92 Å². The third-order valence-corrected chi connectivity index (χ3v) is 7.58. The topological polar surface area (TPSA) is 92.7 Å². The van der Waals surface area contributed by atoms with E-state index in [0.29, 0.717) is 12.0 Å². The van der Waals surface area contributed by atoms with Crippen LogP contribution in [0.15, 0.2) is 89.8 Å². The number of amides is 1. The van der Waals surface area contributed by atoms with E-state index in [-0.39, 0.29) is 17.3 Å². The summed E-state index contributed by atoms with van der Waals surface area (Å²) >= 11 is 0. The highest BCUT2D eigenvalue weighted by Gasteiger charge is 2.39. The Bertz CT molecular complexity index is 1170. The summed E-state index contributed by atoms with van der Waals surface area (Å²) in [6.07, 6.45) is -1.27. The van der Waals surface area contributed by atoms with Gasteiger partial charge in [0.25, 0.3) is 0 Å². The van der Waals surface area contributed by atoms with Crippen LogP contribution in [0, 0.1) is 5.92 Å². The second-order valence-corrected chi connectivity index (χ2v) is 9.95. The van der Waals surface area contributed by atoms with E-state index in [4.69, 9.17) is 4.74 Å². The number of alkyl carbamates (subject to hydrolysis) is 1. The van der Waals surface area contributed by atoms with Crippen LogP contribution in [-0.4, -0.2) is 31.4 Å². The summed E-state index contributed by atoms with van der Waals surface area (Å²) in [5.74, 6) is -1.02. The van der Waals surface area contributed by atoms with Crippen LogP contribution in [0.1, 0.15) is 22.8 Å². The first-order valence-electron chi connectivity index (χ1n) is 10.4. The number of benzene rings is 3. The molecule has 7 heteroatoms.